The molecule has 0 spiro atoms. The summed E-state index contributed by atoms with van der Waals surface area (Å²) in [5, 5.41) is 0.339. The van der Waals surface area contributed by atoms with Crippen molar-refractivity contribution in [3.63, 3.8) is 0 Å². The van der Waals surface area contributed by atoms with Gasteiger partial charge in [0.1, 0.15) is 11.1 Å². The molecule has 0 aliphatic heterocycles. The Morgan fingerprint density at radius 3 is 2.76 bits per heavy atom. The first kappa shape index (κ1) is 12.3. The highest BCUT2D eigenvalue weighted by Gasteiger charge is 2.14. The van der Waals surface area contributed by atoms with Crippen molar-refractivity contribution in [1.29, 1.82) is 0 Å². The number of hydrogen-bond acceptors (Lipinski definition) is 3. The molecule has 2 aromatic rings. The molecule has 0 radical (unpaired) electrons. The van der Waals surface area contributed by atoms with Crippen LogP contribution in [0.1, 0.15) is 18.2 Å². The maximum Gasteiger partial charge on any atom is 0.212 e. The molecule has 1 atom stereocenters. The number of methoxy groups -OCH3 is 1. The summed E-state index contributed by atoms with van der Waals surface area (Å²) in [4.78, 5) is 4.10. The lowest BCUT2D eigenvalue weighted by atomic mass is 10.1. The molecule has 0 bridgehead atoms. The SMILES string of the molecule is COc1ccc(Cl)cc1-c1cnc(C(C)Cl)o1. The van der Waals surface area contributed by atoms with E-state index < -0.39 is 0 Å². The Bertz CT molecular complexity index is 523. The zero-order valence-electron chi connectivity index (χ0n) is 9.41. The van der Waals surface area contributed by atoms with E-state index in [4.69, 9.17) is 32.4 Å². The van der Waals surface area contributed by atoms with Gasteiger partial charge in [0.15, 0.2) is 5.76 Å². The summed E-state index contributed by atoms with van der Waals surface area (Å²) in [5.74, 6) is 1.75. The number of halogens is 2. The van der Waals surface area contributed by atoms with Crippen LogP contribution in [0.2, 0.25) is 5.02 Å². The van der Waals surface area contributed by atoms with Crippen LogP contribution in [0.15, 0.2) is 28.8 Å². The summed E-state index contributed by atoms with van der Waals surface area (Å²) in [7, 11) is 1.59. The number of benzene rings is 1. The fourth-order valence-corrected chi connectivity index (χ4v) is 1.74. The summed E-state index contributed by atoms with van der Waals surface area (Å²) in [6.45, 7) is 1.80. The van der Waals surface area contributed by atoms with Crippen molar-refractivity contribution in [1.82, 2.24) is 4.98 Å². The topological polar surface area (TPSA) is 35.3 Å². The molecule has 0 N–H and O–H groups in total. The summed E-state index contributed by atoms with van der Waals surface area (Å²) in [6.07, 6.45) is 1.61. The van der Waals surface area contributed by atoms with Crippen molar-refractivity contribution in [3.05, 3.63) is 35.3 Å². The quantitative estimate of drug-likeness (QED) is 0.781. The monoisotopic (exact) mass is 271 g/mol. The lowest BCUT2D eigenvalue weighted by Crippen LogP contribution is -1.86. The van der Waals surface area contributed by atoms with Gasteiger partial charge in [-0.25, -0.2) is 4.98 Å². The van der Waals surface area contributed by atoms with Crippen molar-refractivity contribution in [2.75, 3.05) is 7.11 Å². The predicted octanol–water partition coefficient (Wildman–Crippen LogP) is 4.30. The molecule has 1 unspecified atom stereocenters. The minimum atomic E-state index is -0.270. The summed E-state index contributed by atoms with van der Waals surface area (Å²) in [5.41, 5.74) is 0.760. The molecule has 0 saturated carbocycles. The van der Waals surface area contributed by atoms with E-state index in [-0.39, 0.29) is 5.38 Å². The summed E-state index contributed by atoms with van der Waals surface area (Å²) in [6, 6.07) is 5.30. The number of rotatable bonds is 3. The summed E-state index contributed by atoms with van der Waals surface area (Å²) < 4.78 is 10.8. The maximum absolute atomic E-state index is 5.95. The van der Waals surface area contributed by atoms with Gasteiger partial charge in [-0.3, -0.25) is 0 Å². The molecule has 0 aliphatic carbocycles. The molecule has 90 valence electrons. The first-order valence-electron chi connectivity index (χ1n) is 5.05. The van der Waals surface area contributed by atoms with E-state index in [2.05, 4.69) is 4.98 Å². The zero-order chi connectivity index (χ0) is 12.4. The first-order valence-corrected chi connectivity index (χ1v) is 5.87. The standard InChI is InChI=1S/C12H11Cl2NO2/c1-7(13)12-15-6-11(17-12)9-5-8(14)3-4-10(9)16-2/h3-7H,1-2H3. The second-order valence-electron chi connectivity index (χ2n) is 3.52. The van der Waals surface area contributed by atoms with Crippen LogP contribution in [0.25, 0.3) is 11.3 Å². The number of aromatic nitrogens is 1. The first-order chi connectivity index (χ1) is 8.11. The highest BCUT2D eigenvalue weighted by Crippen LogP contribution is 2.34. The van der Waals surface area contributed by atoms with Crippen LogP contribution in [-0.2, 0) is 0 Å². The number of ether oxygens (including phenoxy) is 1. The van der Waals surface area contributed by atoms with Crippen LogP contribution < -0.4 is 4.74 Å². The van der Waals surface area contributed by atoms with E-state index in [0.717, 1.165) is 5.56 Å². The third-order valence-corrected chi connectivity index (χ3v) is 2.71. The van der Waals surface area contributed by atoms with Gasteiger partial charge < -0.3 is 9.15 Å². The zero-order valence-corrected chi connectivity index (χ0v) is 10.9. The molecule has 2 rings (SSSR count). The average molecular weight is 272 g/mol. The van der Waals surface area contributed by atoms with Gasteiger partial charge in [0.25, 0.3) is 0 Å². The van der Waals surface area contributed by atoms with E-state index >= 15 is 0 Å². The molecular formula is C12H11Cl2NO2. The lowest BCUT2D eigenvalue weighted by Gasteiger charge is -2.05. The predicted molar refractivity (Wildman–Crippen MR) is 67.8 cm³/mol. The fourth-order valence-electron chi connectivity index (χ4n) is 1.47. The Hall–Kier alpha value is -1.19. The Kier molecular flexibility index (Phi) is 3.60. The van der Waals surface area contributed by atoms with Crippen LogP contribution >= 0.6 is 23.2 Å². The molecule has 0 amide bonds. The number of alkyl halides is 1. The van der Waals surface area contributed by atoms with E-state index in [1.54, 1.807) is 38.4 Å². The van der Waals surface area contributed by atoms with Crippen molar-refractivity contribution < 1.29 is 9.15 Å². The molecule has 0 aliphatic rings. The Morgan fingerprint density at radius 2 is 2.18 bits per heavy atom. The van der Waals surface area contributed by atoms with E-state index in [0.29, 0.717) is 22.4 Å². The van der Waals surface area contributed by atoms with Crippen LogP contribution in [0.5, 0.6) is 5.75 Å². The molecule has 3 nitrogen and oxygen atoms in total. The molecule has 1 aromatic heterocycles. The molecule has 0 saturated heterocycles. The van der Waals surface area contributed by atoms with Crippen LogP contribution in [0.4, 0.5) is 0 Å². The van der Waals surface area contributed by atoms with E-state index in [9.17, 15) is 0 Å². The van der Waals surface area contributed by atoms with Crippen LogP contribution in [0.3, 0.4) is 0 Å². The number of oxazole rings is 1. The maximum atomic E-state index is 5.95. The Balaban J connectivity index is 2.47. The average Bonchev–Trinajstić information content (AvgIpc) is 2.78. The van der Waals surface area contributed by atoms with Crippen LogP contribution in [-0.4, -0.2) is 12.1 Å². The van der Waals surface area contributed by atoms with Crippen molar-refractivity contribution in [2.24, 2.45) is 0 Å². The van der Waals surface area contributed by atoms with E-state index in [1.165, 1.54) is 0 Å². The minimum Gasteiger partial charge on any atom is -0.496 e. The highest BCUT2D eigenvalue weighted by molar-refractivity contribution is 6.30. The van der Waals surface area contributed by atoms with Gasteiger partial charge in [-0.05, 0) is 25.1 Å². The van der Waals surface area contributed by atoms with Gasteiger partial charge in [-0.2, -0.15) is 0 Å². The van der Waals surface area contributed by atoms with Crippen molar-refractivity contribution >= 4 is 23.2 Å². The lowest BCUT2D eigenvalue weighted by molar-refractivity contribution is 0.414. The highest BCUT2D eigenvalue weighted by atomic mass is 35.5. The third kappa shape index (κ3) is 2.56. The Labute approximate surface area is 109 Å². The molecule has 5 heteroatoms. The second kappa shape index (κ2) is 4.98. The Morgan fingerprint density at radius 1 is 1.41 bits per heavy atom. The largest absolute Gasteiger partial charge is 0.496 e. The van der Waals surface area contributed by atoms with Gasteiger partial charge in [0, 0.05) is 5.02 Å². The normalized spacial score (nSPS) is 12.5. The second-order valence-corrected chi connectivity index (χ2v) is 4.61. The van der Waals surface area contributed by atoms with E-state index in [1.807, 2.05) is 0 Å². The van der Waals surface area contributed by atoms with Gasteiger partial charge in [0.2, 0.25) is 5.89 Å². The number of nitrogens with zero attached hydrogens (tertiary/aromatic N) is 1. The molecular weight excluding hydrogens is 261 g/mol. The van der Waals surface area contributed by atoms with Gasteiger partial charge in [0.05, 0.1) is 18.9 Å². The minimum absolute atomic E-state index is 0.270. The van der Waals surface area contributed by atoms with Crippen LogP contribution in [0, 0.1) is 0 Å². The smallest absolute Gasteiger partial charge is 0.212 e. The van der Waals surface area contributed by atoms with Crippen molar-refractivity contribution in [2.45, 2.75) is 12.3 Å². The van der Waals surface area contributed by atoms with Gasteiger partial charge in [-0.15, -0.1) is 11.6 Å². The van der Waals surface area contributed by atoms with Gasteiger partial charge >= 0.3 is 0 Å². The molecule has 1 aromatic carbocycles. The molecule has 0 fully saturated rings. The number of hydrogen-bond donors (Lipinski definition) is 0. The summed E-state index contributed by atoms with van der Waals surface area (Å²) >= 11 is 11.8. The third-order valence-electron chi connectivity index (χ3n) is 2.29. The molecule has 17 heavy (non-hydrogen) atoms. The molecule has 1 heterocycles. The van der Waals surface area contributed by atoms with Crippen molar-refractivity contribution in [3.8, 4) is 17.1 Å². The fraction of sp³-hybridized carbons (Fsp3) is 0.250. The van der Waals surface area contributed by atoms with Gasteiger partial charge in [-0.1, -0.05) is 11.6 Å².